The number of nitrogens with one attached hydrogen (secondary N) is 1. The summed E-state index contributed by atoms with van der Waals surface area (Å²) in [5.74, 6) is 6.15. The number of nitrogens with two attached hydrogens (primary N) is 1. The van der Waals surface area contributed by atoms with E-state index in [-0.39, 0.29) is 17.0 Å². The number of aromatic hydroxyl groups is 1. The molecule has 0 amide bonds. The number of hydrogen-bond donors (Lipinski definition) is 3. The molecule has 9 heteroatoms. The maximum absolute atomic E-state index is 9.78. The van der Waals surface area contributed by atoms with Crippen molar-refractivity contribution in [1.29, 1.82) is 0 Å². The van der Waals surface area contributed by atoms with E-state index in [2.05, 4.69) is 30.7 Å². The van der Waals surface area contributed by atoms with E-state index in [0.29, 0.717) is 29.3 Å². The summed E-state index contributed by atoms with van der Waals surface area (Å²) in [5.41, 5.74) is 2.87. The van der Waals surface area contributed by atoms with Crippen LogP contribution in [0.5, 0.6) is 5.75 Å². The van der Waals surface area contributed by atoms with Gasteiger partial charge in [-0.1, -0.05) is 42.5 Å². The first-order valence-electron chi connectivity index (χ1n) is 8.10. The van der Waals surface area contributed by atoms with Crippen molar-refractivity contribution in [2.45, 2.75) is 6.54 Å². The fraction of sp³-hybridized carbons (Fsp3) is 0.0556. The highest BCUT2D eigenvalue weighted by Crippen LogP contribution is 2.21. The van der Waals surface area contributed by atoms with Gasteiger partial charge >= 0.3 is 0 Å². The lowest BCUT2D eigenvalue weighted by atomic mass is 10.1. The van der Waals surface area contributed by atoms with Crippen LogP contribution in [-0.2, 0) is 6.54 Å². The summed E-state index contributed by atoms with van der Waals surface area (Å²) in [7, 11) is 0. The third-order valence-electron chi connectivity index (χ3n) is 3.89. The Morgan fingerprint density at radius 3 is 2.56 bits per heavy atom. The van der Waals surface area contributed by atoms with Gasteiger partial charge in [0.05, 0.1) is 0 Å². The van der Waals surface area contributed by atoms with Crippen LogP contribution in [0.3, 0.4) is 0 Å². The molecule has 0 aliphatic heterocycles. The summed E-state index contributed by atoms with van der Waals surface area (Å²) < 4.78 is 4.71. The summed E-state index contributed by atoms with van der Waals surface area (Å²) >= 11 is 0. The Balaban J connectivity index is 1.77. The van der Waals surface area contributed by atoms with Gasteiger partial charge in [0.1, 0.15) is 17.2 Å². The van der Waals surface area contributed by atoms with E-state index in [1.165, 1.54) is 0 Å². The fourth-order valence-electron chi connectivity index (χ4n) is 2.63. The van der Waals surface area contributed by atoms with E-state index < -0.39 is 0 Å². The average molecular weight is 361 g/mol. The zero-order valence-electron chi connectivity index (χ0n) is 14.1. The van der Waals surface area contributed by atoms with Gasteiger partial charge in [0.25, 0.3) is 0 Å². The molecule has 4 N–H and O–H groups in total. The number of benzene rings is 2. The Morgan fingerprint density at radius 2 is 1.81 bits per heavy atom. The number of hydrogen-bond acceptors (Lipinski definition) is 9. The summed E-state index contributed by atoms with van der Waals surface area (Å²) in [6, 6.07) is 16.4. The molecule has 0 aliphatic carbocycles. The second kappa shape index (κ2) is 7.08. The Labute approximate surface area is 153 Å². The van der Waals surface area contributed by atoms with Crippen molar-refractivity contribution in [2.75, 3.05) is 5.32 Å². The molecule has 2 aromatic heterocycles. The third kappa shape index (κ3) is 3.38. The van der Waals surface area contributed by atoms with Gasteiger partial charge in [-0.05, 0) is 28.0 Å². The molecule has 0 bridgehead atoms. The number of anilines is 1. The number of nitrogens with zero attached hydrogens (tertiary/aromatic N) is 5. The van der Waals surface area contributed by atoms with Crippen LogP contribution in [0.1, 0.15) is 16.8 Å². The van der Waals surface area contributed by atoms with Gasteiger partial charge in [-0.15, -0.1) is 0 Å². The first-order valence-corrected chi connectivity index (χ1v) is 8.10. The molecule has 0 fully saturated rings. The van der Waals surface area contributed by atoms with Crippen LogP contribution >= 0.6 is 0 Å². The number of hydrazone groups is 1. The Kier molecular flexibility index (Phi) is 4.32. The SMILES string of the molecule is N/N=C(\c1cccc(O)c1)c1nc2nonc2nc1NCc1ccccc1. The van der Waals surface area contributed by atoms with E-state index >= 15 is 0 Å². The molecule has 4 aromatic rings. The standard InChI is InChI=1S/C18H15N7O2/c19-23-14(12-7-4-8-13(26)9-12)15-16(20-10-11-5-2-1-3-6-11)22-18-17(21-15)24-27-25-18/h1-9,26H,10,19H2,(H,20,22,25)/b23-14+. The van der Waals surface area contributed by atoms with Gasteiger partial charge in [-0.2, -0.15) is 5.10 Å². The van der Waals surface area contributed by atoms with Gasteiger partial charge in [0, 0.05) is 12.1 Å². The topological polar surface area (TPSA) is 135 Å². The molecule has 9 nitrogen and oxygen atoms in total. The van der Waals surface area contributed by atoms with Gasteiger partial charge in [0.2, 0.25) is 11.3 Å². The van der Waals surface area contributed by atoms with Crippen LogP contribution in [-0.4, -0.2) is 31.1 Å². The van der Waals surface area contributed by atoms with Crippen LogP contribution in [0.4, 0.5) is 5.82 Å². The van der Waals surface area contributed by atoms with Crippen molar-refractivity contribution in [1.82, 2.24) is 20.3 Å². The molecule has 0 aliphatic rings. The average Bonchev–Trinajstić information content (AvgIpc) is 3.15. The maximum atomic E-state index is 9.78. The Morgan fingerprint density at radius 1 is 1.04 bits per heavy atom. The zero-order chi connectivity index (χ0) is 18.6. The van der Waals surface area contributed by atoms with Crippen molar-refractivity contribution < 1.29 is 9.74 Å². The molecule has 0 spiro atoms. The predicted octanol–water partition coefficient (Wildman–Crippen LogP) is 2.04. The lowest BCUT2D eigenvalue weighted by Gasteiger charge is -2.12. The van der Waals surface area contributed by atoms with Crippen LogP contribution in [0, 0.1) is 0 Å². The van der Waals surface area contributed by atoms with Crippen molar-refractivity contribution in [3.8, 4) is 5.75 Å². The molecule has 134 valence electrons. The highest BCUT2D eigenvalue weighted by molar-refractivity contribution is 6.14. The maximum Gasteiger partial charge on any atom is 0.245 e. The van der Waals surface area contributed by atoms with Crippen molar-refractivity contribution in [3.63, 3.8) is 0 Å². The minimum Gasteiger partial charge on any atom is -0.508 e. The van der Waals surface area contributed by atoms with Crippen molar-refractivity contribution >= 4 is 22.8 Å². The largest absolute Gasteiger partial charge is 0.508 e. The molecule has 2 heterocycles. The lowest BCUT2D eigenvalue weighted by molar-refractivity contribution is 0.314. The minimum atomic E-state index is 0.0876. The molecule has 0 atom stereocenters. The first-order chi connectivity index (χ1) is 13.2. The van der Waals surface area contributed by atoms with Gasteiger partial charge in [-0.25, -0.2) is 14.6 Å². The lowest BCUT2D eigenvalue weighted by Crippen LogP contribution is -2.15. The second-order valence-electron chi connectivity index (χ2n) is 5.70. The van der Waals surface area contributed by atoms with E-state index in [0.717, 1.165) is 5.56 Å². The van der Waals surface area contributed by atoms with Gasteiger partial charge in [-0.3, -0.25) is 0 Å². The monoisotopic (exact) mass is 361 g/mol. The van der Waals surface area contributed by atoms with E-state index in [4.69, 9.17) is 10.5 Å². The molecule has 0 saturated heterocycles. The summed E-state index contributed by atoms with van der Waals surface area (Å²) in [6.07, 6.45) is 0. The number of rotatable bonds is 5. The third-order valence-corrected chi connectivity index (χ3v) is 3.89. The summed E-state index contributed by atoms with van der Waals surface area (Å²) in [5, 5.41) is 24.3. The van der Waals surface area contributed by atoms with Crippen LogP contribution < -0.4 is 11.2 Å². The number of fused-ring (bicyclic) bond motifs is 1. The molecular weight excluding hydrogens is 346 g/mol. The van der Waals surface area contributed by atoms with E-state index in [9.17, 15) is 5.11 Å². The van der Waals surface area contributed by atoms with Crippen molar-refractivity contribution in [2.24, 2.45) is 10.9 Å². The summed E-state index contributed by atoms with van der Waals surface area (Å²) in [6.45, 7) is 0.511. The molecule has 0 unspecified atom stereocenters. The molecular formula is C18H15N7O2. The first kappa shape index (κ1) is 16.5. The Bertz CT molecular complexity index is 1110. The highest BCUT2D eigenvalue weighted by Gasteiger charge is 2.19. The zero-order valence-corrected chi connectivity index (χ0v) is 14.1. The molecule has 0 radical (unpaired) electrons. The normalized spacial score (nSPS) is 11.6. The van der Waals surface area contributed by atoms with Crippen molar-refractivity contribution in [3.05, 3.63) is 71.4 Å². The smallest absolute Gasteiger partial charge is 0.245 e. The molecule has 4 rings (SSSR count). The highest BCUT2D eigenvalue weighted by atomic mass is 16.6. The van der Waals surface area contributed by atoms with Crippen LogP contribution in [0.25, 0.3) is 11.3 Å². The minimum absolute atomic E-state index is 0.0876. The van der Waals surface area contributed by atoms with Crippen LogP contribution in [0.15, 0.2) is 64.3 Å². The van der Waals surface area contributed by atoms with Crippen LogP contribution in [0.2, 0.25) is 0 Å². The summed E-state index contributed by atoms with van der Waals surface area (Å²) in [4.78, 5) is 8.87. The van der Waals surface area contributed by atoms with Gasteiger partial charge in [0.15, 0.2) is 5.82 Å². The fourth-order valence-corrected chi connectivity index (χ4v) is 2.63. The van der Waals surface area contributed by atoms with E-state index in [1.807, 2.05) is 30.3 Å². The predicted molar refractivity (Wildman–Crippen MR) is 99.1 cm³/mol. The van der Waals surface area contributed by atoms with Gasteiger partial charge < -0.3 is 16.3 Å². The second-order valence-corrected chi connectivity index (χ2v) is 5.70. The molecule has 2 aromatic carbocycles. The number of phenols is 1. The Hall–Kier alpha value is -4.01. The van der Waals surface area contributed by atoms with E-state index in [1.54, 1.807) is 24.3 Å². The molecule has 27 heavy (non-hydrogen) atoms. The number of aromatic nitrogens is 4. The number of phenolic OH excluding ortho intramolecular Hbond substituents is 1. The molecule has 0 saturated carbocycles. The quantitative estimate of drug-likeness (QED) is 0.279.